The average Bonchev–Trinajstić information content (AvgIpc) is 1.60. The summed E-state index contributed by atoms with van der Waals surface area (Å²) in [6.07, 6.45) is 0. The van der Waals surface area contributed by atoms with E-state index in [4.69, 9.17) is 10.2 Å². The van der Waals surface area contributed by atoms with Gasteiger partial charge in [0.1, 0.15) is 0 Å². The van der Waals surface area contributed by atoms with Crippen LogP contribution in [0.3, 0.4) is 0 Å². The SMILES string of the molecule is CC(O)(O[N+](=O)[O-])C(=O)O. The molecule has 7 heteroatoms. The van der Waals surface area contributed by atoms with Crippen LogP contribution >= 0.6 is 0 Å². The Labute approximate surface area is 54.9 Å². The van der Waals surface area contributed by atoms with Gasteiger partial charge in [0, 0.05) is 6.92 Å². The monoisotopic (exact) mass is 151 g/mol. The smallest absolute Gasteiger partial charge is 0.363 e. The van der Waals surface area contributed by atoms with E-state index >= 15 is 0 Å². The van der Waals surface area contributed by atoms with Gasteiger partial charge < -0.3 is 10.2 Å². The van der Waals surface area contributed by atoms with Crippen LogP contribution in [0.5, 0.6) is 0 Å². The molecule has 0 aliphatic heterocycles. The van der Waals surface area contributed by atoms with Crippen LogP contribution in [0.1, 0.15) is 6.92 Å². The lowest BCUT2D eigenvalue weighted by Crippen LogP contribution is -2.39. The van der Waals surface area contributed by atoms with Crippen LogP contribution in [0.25, 0.3) is 0 Å². The molecule has 10 heavy (non-hydrogen) atoms. The molecule has 1 unspecified atom stereocenters. The van der Waals surface area contributed by atoms with E-state index in [1.165, 1.54) is 0 Å². The van der Waals surface area contributed by atoms with Gasteiger partial charge >= 0.3 is 11.8 Å². The third-order valence-corrected chi connectivity index (χ3v) is 0.649. The Hall–Kier alpha value is -1.37. The molecule has 0 radical (unpaired) electrons. The van der Waals surface area contributed by atoms with Crippen molar-refractivity contribution in [1.29, 1.82) is 0 Å². The van der Waals surface area contributed by atoms with E-state index in [1.807, 2.05) is 0 Å². The summed E-state index contributed by atoms with van der Waals surface area (Å²) in [6.45, 7) is 0.651. The van der Waals surface area contributed by atoms with Gasteiger partial charge in [-0.3, -0.25) is 4.84 Å². The highest BCUT2D eigenvalue weighted by Gasteiger charge is 2.34. The van der Waals surface area contributed by atoms with Crippen LogP contribution in [0, 0.1) is 10.1 Å². The summed E-state index contributed by atoms with van der Waals surface area (Å²) < 4.78 is 0. The molecule has 0 aliphatic carbocycles. The first-order valence-electron chi connectivity index (χ1n) is 2.15. The van der Waals surface area contributed by atoms with Crippen molar-refractivity contribution in [3.05, 3.63) is 10.1 Å². The highest BCUT2D eigenvalue weighted by Crippen LogP contribution is 2.04. The number of hydrogen-bond acceptors (Lipinski definition) is 5. The lowest BCUT2D eigenvalue weighted by atomic mass is 10.3. The summed E-state index contributed by atoms with van der Waals surface area (Å²) in [6, 6.07) is 0. The maximum Gasteiger partial charge on any atom is 0.363 e. The Morgan fingerprint density at radius 2 is 2.20 bits per heavy atom. The van der Waals surface area contributed by atoms with Crippen molar-refractivity contribution in [2.45, 2.75) is 12.7 Å². The first kappa shape index (κ1) is 8.63. The van der Waals surface area contributed by atoms with Gasteiger partial charge in [0.25, 0.3) is 5.09 Å². The standard InChI is InChI=1S/C3H5NO6/c1-3(7,2(5)6)10-4(8)9/h7H,1H3,(H,5,6). The first-order chi connectivity index (χ1) is 4.36. The second-order valence-electron chi connectivity index (χ2n) is 1.60. The van der Waals surface area contributed by atoms with E-state index in [0.29, 0.717) is 6.92 Å². The normalized spacial score (nSPS) is 15.4. The first-order valence-corrected chi connectivity index (χ1v) is 2.15. The summed E-state index contributed by atoms with van der Waals surface area (Å²) in [5.74, 6) is -4.58. The molecule has 7 nitrogen and oxygen atoms in total. The van der Waals surface area contributed by atoms with Crippen molar-refractivity contribution in [3.63, 3.8) is 0 Å². The van der Waals surface area contributed by atoms with E-state index in [-0.39, 0.29) is 0 Å². The second-order valence-corrected chi connectivity index (χ2v) is 1.60. The van der Waals surface area contributed by atoms with Gasteiger partial charge in [0.15, 0.2) is 0 Å². The van der Waals surface area contributed by atoms with Crippen LogP contribution in [-0.4, -0.2) is 27.1 Å². The molecule has 0 amide bonds. The largest absolute Gasteiger partial charge is 0.478 e. The fourth-order valence-corrected chi connectivity index (χ4v) is 0.184. The number of rotatable bonds is 3. The third kappa shape index (κ3) is 2.27. The molecule has 0 bridgehead atoms. The number of hydrogen-bond donors (Lipinski definition) is 2. The van der Waals surface area contributed by atoms with Gasteiger partial charge in [-0.05, 0) is 0 Å². The van der Waals surface area contributed by atoms with Crippen LogP contribution in [0.15, 0.2) is 0 Å². The molecule has 58 valence electrons. The summed E-state index contributed by atoms with van der Waals surface area (Å²) in [5, 5.41) is 24.6. The molecule has 0 spiro atoms. The Balaban J connectivity index is 4.13. The lowest BCUT2D eigenvalue weighted by molar-refractivity contribution is -0.788. The quantitative estimate of drug-likeness (QED) is 0.303. The van der Waals surface area contributed by atoms with Gasteiger partial charge in [-0.1, -0.05) is 0 Å². The van der Waals surface area contributed by atoms with Gasteiger partial charge in [-0.15, -0.1) is 10.1 Å². The van der Waals surface area contributed by atoms with Crippen molar-refractivity contribution in [1.82, 2.24) is 0 Å². The number of carboxylic acid groups (broad SMARTS) is 1. The van der Waals surface area contributed by atoms with Crippen molar-refractivity contribution in [2.24, 2.45) is 0 Å². The molecule has 0 fully saturated rings. The minimum absolute atomic E-state index is 0.651. The zero-order valence-corrected chi connectivity index (χ0v) is 4.97. The molecule has 1 atom stereocenters. The molecule has 0 aliphatic rings. The molecule has 0 saturated carbocycles. The predicted molar refractivity (Wildman–Crippen MR) is 26.3 cm³/mol. The molecule has 0 aromatic heterocycles. The maximum atomic E-state index is 9.88. The summed E-state index contributed by atoms with van der Waals surface area (Å²) in [7, 11) is 0. The number of aliphatic hydroxyl groups is 1. The van der Waals surface area contributed by atoms with Gasteiger partial charge in [-0.25, -0.2) is 4.79 Å². The van der Waals surface area contributed by atoms with E-state index in [9.17, 15) is 14.9 Å². The molecule has 0 rings (SSSR count). The molecule has 0 aromatic carbocycles. The van der Waals surface area contributed by atoms with E-state index < -0.39 is 16.8 Å². The Kier molecular flexibility index (Phi) is 2.14. The highest BCUT2D eigenvalue weighted by molar-refractivity contribution is 5.74. The lowest BCUT2D eigenvalue weighted by Gasteiger charge is -2.13. The van der Waals surface area contributed by atoms with Gasteiger partial charge in [0.2, 0.25) is 0 Å². The molecule has 0 saturated heterocycles. The molecule has 2 N–H and O–H groups in total. The number of nitrogens with zero attached hydrogens (tertiary/aromatic N) is 1. The Morgan fingerprint density at radius 1 is 1.80 bits per heavy atom. The molecule has 0 aromatic rings. The summed E-state index contributed by atoms with van der Waals surface area (Å²) in [5.41, 5.74) is 0. The minimum atomic E-state index is -2.76. The number of aliphatic carboxylic acids is 1. The zero-order valence-electron chi connectivity index (χ0n) is 4.97. The number of carboxylic acids is 1. The molecular weight excluding hydrogens is 146 g/mol. The fourth-order valence-electron chi connectivity index (χ4n) is 0.184. The van der Waals surface area contributed by atoms with Gasteiger partial charge in [-0.2, -0.15) is 0 Å². The van der Waals surface area contributed by atoms with Crippen LogP contribution in [0.4, 0.5) is 0 Å². The Morgan fingerprint density at radius 3 is 2.30 bits per heavy atom. The molecular formula is C3H5NO6. The van der Waals surface area contributed by atoms with Crippen molar-refractivity contribution >= 4 is 5.97 Å². The maximum absolute atomic E-state index is 9.88. The predicted octanol–water partition coefficient (Wildman–Crippen LogP) is -1.01. The highest BCUT2D eigenvalue weighted by atomic mass is 17.0. The second kappa shape index (κ2) is 2.48. The van der Waals surface area contributed by atoms with Crippen molar-refractivity contribution < 1.29 is 24.9 Å². The summed E-state index contributed by atoms with van der Waals surface area (Å²) in [4.78, 5) is 22.7. The van der Waals surface area contributed by atoms with E-state index in [0.717, 1.165) is 0 Å². The third-order valence-electron chi connectivity index (χ3n) is 0.649. The zero-order chi connectivity index (χ0) is 8.36. The van der Waals surface area contributed by atoms with E-state index in [1.54, 1.807) is 0 Å². The van der Waals surface area contributed by atoms with Crippen LogP contribution < -0.4 is 0 Å². The minimum Gasteiger partial charge on any atom is -0.478 e. The Bertz CT molecular complexity index is 162. The average molecular weight is 151 g/mol. The van der Waals surface area contributed by atoms with Crippen molar-refractivity contribution in [2.75, 3.05) is 0 Å². The van der Waals surface area contributed by atoms with Crippen LogP contribution in [0.2, 0.25) is 0 Å². The topological polar surface area (TPSA) is 110 Å². The molecule has 0 heterocycles. The van der Waals surface area contributed by atoms with E-state index in [2.05, 4.69) is 4.84 Å². The number of carbonyl (C=O) groups is 1. The fraction of sp³-hybridized carbons (Fsp3) is 0.667. The van der Waals surface area contributed by atoms with Crippen molar-refractivity contribution in [3.8, 4) is 0 Å². The van der Waals surface area contributed by atoms with Crippen LogP contribution in [-0.2, 0) is 9.63 Å². The van der Waals surface area contributed by atoms with Gasteiger partial charge in [0.05, 0.1) is 0 Å². The summed E-state index contributed by atoms with van der Waals surface area (Å²) >= 11 is 0.